The second-order valence-corrected chi connectivity index (χ2v) is 6.27. The Morgan fingerprint density at radius 1 is 1.48 bits per heavy atom. The first kappa shape index (κ1) is 15.4. The molecule has 0 bridgehead atoms. The van der Waals surface area contributed by atoms with Gasteiger partial charge in [-0.15, -0.1) is 22.7 Å². The number of hydrogen-bond acceptors (Lipinski definition) is 5. The highest BCUT2D eigenvalue weighted by Crippen LogP contribution is 2.24. The van der Waals surface area contributed by atoms with Crippen LogP contribution in [0.25, 0.3) is 6.08 Å². The first-order valence-corrected chi connectivity index (χ1v) is 7.87. The highest BCUT2D eigenvalue weighted by Gasteiger charge is 2.16. The molecule has 2 aromatic heterocycles. The van der Waals surface area contributed by atoms with E-state index in [0.29, 0.717) is 11.4 Å². The van der Waals surface area contributed by atoms with Crippen LogP contribution in [0.15, 0.2) is 23.0 Å². The number of thiophene rings is 1. The number of carbonyl (C=O) groups is 2. The predicted molar refractivity (Wildman–Crippen MR) is 83.6 cm³/mol. The number of carboxylic acids is 1. The molecule has 0 aliphatic rings. The lowest BCUT2D eigenvalue weighted by molar-refractivity contribution is -0.131. The number of nitrogens with zero attached hydrogens (tertiary/aromatic N) is 2. The average molecular weight is 322 g/mol. The van der Waals surface area contributed by atoms with Gasteiger partial charge in [0.1, 0.15) is 0 Å². The summed E-state index contributed by atoms with van der Waals surface area (Å²) in [5.41, 5.74) is 3.48. The molecule has 7 heteroatoms. The molecule has 0 saturated carbocycles. The molecule has 0 radical (unpaired) electrons. The van der Waals surface area contributed by atoms with Crippen LogP contribution >= 0.6 is 22.7 Å². The van der Waals surface area contributed by atoms with Gasteiger partial charge < -0.3 is 10.0 Å². The molecule has 21 heavy (non-hydrogen) atoms. The lowest BCUT2D eigenvalue weighted by Crippen LogP contribution is -2.25. The zero-order valence-electron chi connectivity index (χ0n) is 11.6. The number of rotatable bonds is 5. The summed E-state index contributed by atoms with van der Waals surface area (Å²) in [7, 11) is 1.73. The van der Waals surface area contributed by atoms with Crippen LogP contribution in [-0.4, -0.2) is 33.9 Å². The average Bonchev–Trinajstić information content (AvgIpc) is 3.05. The van der Waals surface area contributed by atoms with E-state index in [2.05, 4.69) is 4.98 Å². The molecular weight excluding hydrogens is 308 g/mol. The maximum atomic E-state index is 12.3. The summed E-state index contributed by atoms with van der Waals surface area (Å²) < 4.78 is 0. The number of carbonyl (C=O) groups excluding carboxylic acids is 1. The molecule has 0 saturated heterocycles. The molecule has 5 nitrogen and oxygen atoms in total. The van der Waals surface area contributed by atoms with Gasteiger partial charge in [-0.3, -0.25) is 4.79 Å². The summed E-state index contributed by atoms with van der Waals surface area (Å²) in [5, 5.41) is 10.6. The zero-order chi connectivity index (χ0) is 15.4. The van der Waals surface area contributed by atoms with Crippen molar-refractivity contribution in [2.45, 2.75) is 13.5 Å². The van der Waals surface area contributed by atoms with Crippen LogP contribution in [-0.2, 0) is 11.3 Å². The van der Waals surface area contributed by atoms with Crippen LogP contribution in [0.5, 0.6) is 0 Å². The van der Waals surface area contributed by atoms with E-state index in [-0.39, 0.29) is 5.91 Å². The lowest BCUT2D eigenvalue weighted by atomic mass is 10.2. The van der Waals surface area contributed by atoms with Crippen molar-refractivity contribution in [3.63, 3.8) is 0 Å². The highest BCUT2D eigenvalue weighted by atomic mass is 32.1. The minimum atomic E-state index is -1.00. The monoisotopic (exact) mass is 322 g/mol. The second kappa shape index (κ2) is 6.64. The van der Waals surface area contributed by atoms with Crippen molar-refractivity contribution in [3.8, 4) is 0 Å². The number of carboxylic acid groups (broad SMARTS) is 1. The van der Waals surface area contributed by atoms with Crippen molar-refractivity contribution in [1.82, 2.24) is 9.88 Å². The molecule has 0 spiro atoms. The standard InChI is InChI=1S/C14H14N2O3S2/c1-9-5-12(21-11(9)3-4-13(17)18)14(19)16(2)6-10-7-20-8-15-10/h3-5,7-8H,6H2,1-2H3,(H,17,18)/b4-3+. The van der Waals surface area contributed by atoms with Crippen molar-refractivity contribution in [2.75, 3.05) is 7.05 Å². The Morgan fingerprint density at radius 3 is 2.86 bits per heavy atom. The maximum absolute atomic E-state index is 12.3. The van der Waals surface area contributed by atoms with Crippen molar-refractivity contribution in [2.24, 2.45) is 0 Å². The minimum absolute atomic E-state index is 0.0916. The third kappa shape index (κ3) is 3.99. The SMILES string of the molecule is Cc1cc(C(=O)N(C)Cc2cscn2)sc1/C=C/C(=O)O. The molecule has 110 valence electrons. The molecule has 1 amide bonds. The third-order valence-corrected chi connectivity index (χ3v) is 4.60. The number of aliphatic carboxylic acids is 1. The van der Waals surface area contributed by atoms with Crippen LogP contribution < -0.4 is 0 Å². The van der Waals surface area contributed by atoms with Gasteiger partial charge in [0.2, 0.25) is 0 Å². The molecule has 0 aromatic carbocycles. The third-order valence-electron chi connectivity index (χ3n) is 2.77. The Morgan fingerprint density at radius 2 is 2.24 bits per heavy atom. The predicted octanol–water partition coefficient (Wildman–Crippen LogP) is 2.88. The van der Waals surface area contributed by atoms with Crippen molar-refractivity contribution >= 4 is 40.6 Å². The van der Waals surface area contributed by atoms with Crippen molar-refractivity contribution in [3.05, 3.63) is 44.0 Å². The van der Waals surface area contributed by atoms with Gasteiger partial charge in [-0.25, -0.2) is 9.78 Å². The van der Waals surface area contributed by atoms with E-state index in [4.69, 9.17) is 5.11 Å². The minimum Gasteiger partial charge on any atom is -0.478 e. The van der Waals surface area contributed by atoms with E-state index in [0.717, 1.165) is 22.2 Å². The van der Waals surface area contributed by atoms with Gasteiger partial charge in [0, 0.05) is 23.4 Å². The number of amides is 1. The van der Waals surface area contributed by atoms with Gasteiger partial charge in [-0.05, 0) is 24.6 Å². The highest BCUT2D eigenvalue weighted by molar-refractivity contribution is 7.15. The summed E-state index contributed by atoms with van der Waals surface area (Å²) >= 11 is 2.79. The molecule has 0 aliphatic heterocycles. The van der Waals surface area contributed by atoms with E-state index in [9.17, 15) is 9.59 Å². The molecule has 0 aliphatic carbocycles. The molecule has 0 atom stereocenters. The first-order chi connectivity index (χ1) is 9.97. The molecule has 0 unspecified atom stereocenters. The quantitative estimate of drug-likeness (QED) is 0.859. The first-order valence-electron chi connectivity index (χ1n) is 6.11. The maximum Gasteiger partial charge on any atom is 0.328 e. The summed E-state index contributed by atoms with van der Waals surface area (Å²) in [4.78, 5) is 30.0. The number of hydrogen-bond donors (Lipinski definition) is 1. The Balaban J connectivity index is 2.12. The normalized spacial score (nSPS) is 11.0. The van der Waals surface area contributed by atoms with Crippen LogP contribution in [0.4, 0.5) is 0 Å². The lowest BCUT2D eigenvalue weighted by Gasteiger charge is -2.14. The summed E-state index contributed by atoms with van der Waals surface area (Å²) in [5.74, 6) is -1.09. The van der Waals surface area contributed by atoms with E-state index >= 15 is 0 Å². The van der Waals surface area contributed by atoms with E-state index in [1.807, 2.05) is 12.3 Å². The molecule has 0 fully saturated rings. The van der Waals surface area contributed by atoms with Gasteiger partial charge in [-0.2, -0.15) is 0 Å². The van der Waals surface area contributed by atoms with E-state index in [1.54, 1.807) is 23.5 Å². The Bertz CT molecular complexity index is 674. The van der Waals surface area contributed by atoms with Gasteiger partial charge in [0.05, 0.1) is 22.6 Å². The topological polar surface area (TPSA) is 70.5 Å². The number of thiazole rings is 1. The molecule has 2 heterocycles. The van der Waals surface area contributed by atoms with Crippen LogP contribution in [0.2, 0.25) is 0 Å². The zero-order valence-corrected chi connectivity index (χ0v) is 13.2. The summed E-state index contributed by atoms with van der Waals surface area (Å²) in [6, 6.07) is 1.78. The fourth-order valence-electron chi connectivity index (χ4n) is 1.73. The Labute approximate surface area is 130 Å². The van der Waals surface area contributed by atoms with Crippen molar-refractivity contribution < 1.29 is 14.7 Å². The van der Waals surface area contributed by atoms with Gasteiger partial charge in [0.25, 0.3) is 5.91 Å². The fraction of sp³-hybridized carbons (Fsp3) is 0.214. The van der Waals surface area contributed by atoms with Crippen molar-refractivity contribution in [1.29, 1.82) is 0 Å². The Hall–Kier alpha value is -1.99. The van der Waals surface area contributed by atoms with E-state index < -0.39 is 5.97 Å². The summed E-state index contributed by atoms with van der Waals surface area (Å²) in [6.07, 6.45) is 2.59. The molecule has 2 rings (SSSR count). The molecule has 1 N–H and O–H groups in total. The fourth-order valence-corrected chi connectivity index (χ4v) is 3.35. The van der Waals surface area contributed by atoms with Crippen LogP contribution in [0.1, 0.15) is 25.8 Å². The number of aromatic nitrogens is 1. The second-order valence-electron chi connectivity index (χ2n) is 4.47. The van der Waals surface area contributed by atoms with Crippen LogP contribution in [0.3, 0.4) is 0 Å². The number of aryl methyl sites for hydroxylation is 1. The summed E-state index contributed by atoms with van der Waals surface area (Å²) in [6.45, 7) is 2.31. The largest absolute Gasteiger partial charge is 0.478 e. The molecule has 2 aromatic rings. The smallest absolute Gasteiger partial charge is 0.328 e. The van der Waals surface area contributed by atoms with Gasteiger partial charge in [-0.1, -0.05) is 0 Å². The van der Waals surface area contributed by atoms with Crippen LogP contribution in [0, 0.1) is 6.92 Å². The Kier molecular flexibility index (Phi) is 4.87. The van der Waals surface area contributed by atoms with Gasteiger partial charge >= 0.3 is 5.97 Å². The van der Waals surface area contributed by atoms with E-state index in [1.165, 1.54) is 28.7 Å². The molecular formula is C14H14N2O3S2. The van der Waals surface area contributed by atoms with Gasteiger partial charge in [0.15, 0.2) is 0 Å².